The predicted molar refractivity (Wildman–Crippen MR) is 45.3 cm³/mol. The van der Waals surface area contributed by atoms with Gasteiger partial charge in [0.15, 0.2) is 5.69 Å². The lowest BCUT2D eigenvalue weighted by atomic mass is 10.2. The summed E-state index contributed by atoms with van der Waals surface area (Å²) in [6, 6.07) is 0. The van der Waals surface area contributed by atoms with Crippen LogP contribution in [-0.4, -0.2) is 21.3 Å². The van der Waals surface area contributed by atoms with Gasteiger partial charge in [0.25, 0.3) is 0 Å². The molecule has 0 radical (unpaired) electrons. The zero-order valence-corrected chi connectivity index (χ0v) is 7.55. The van der Waals surface area contributed by atoms with E-state index in [0.717, 1.165) is 5.01 Å². The minimum absolute atomic E-state index is 0.0133. The number of ketones is 1. The minimum Gasteiger partial charge on any atom is -0.361 e. The van der Waals surface area contributed by atoms with Crippen molar-refractivity contribution in [1.82, 2.24) is 4.98 Å². The van der Waals surface area contributed by atoms with Crippen molar-refractivity contribution in [3.05, 3.63) is 21.6 Å². The van der Waals surface area contributed by atoms with Crippen LogP contribution in [0.3, 0.4) is 0 Å². The first-order valence-corrected chi connectivity index (χ1v) is 4.18. The molecule has 0 bridgehead atoms. The Labute approximate surface area is 73.5 Å². The van der Waals surface area contributed by atoms with Gasteiger partial charge in [-0.25, -0.2) is 4.98 Å². The Morgan fingerprint density at radius 3 is 2.75 bits per heavy atom. The molecule has 0 aliphatic heterocycles. The van der Waals surface area contributed by atoms with E-state index in [2.05, 4.69) is 9.77 Å². The van der Waals surface area contributed by atoms with Crippen LogP contribution in [-0.2, 0) is 4.79 Å². The molecule has 1 aromatic heterocycles. The van der Waals surface area contributed by atoms with Gasteiger partial charge in [-0.15, -0.1) is 11.3 Å². The SMILES string of the molecule is CC(=O)C(=[N+]=[N-])c1csc(C)n1. The van der Waals surface area contributed by atoms with E-state index in [-0.39, 0.29) is 11.5 Å². The summed E-state index contributed by atoms with van der Waals surface area (Å²) in [7, 11) is 0. The third-order valence-corrected chi connectivity index (χ3v) is 2.07. The maximum Gasteiger partial charge on any atom is 0.383 e. The largest absolute Gasteiger partial charge is 0.383 e. The van der Waals surface area contributed by atoms with Crippen LogP contribution >= 0.6 is 11.3 Å². The van der Waals surface area contributed by atoms with Crippen LogP contribution < -0.4 is 0 Å². The molecule has 0 aromatic carbocycles. The summed E-state index contributed by atoms with van der Waals surface area (Å²) >= 11 is 1.41. The number of thiazole rings is 1. The van der Waals surface area contributed by atoms with Gasteiger partial charge >= 0.3 is 5.71 Å². The molecule has 12 heavy (non-hydrogen) atoms. The standard InChI is InChI=1S/C7H7N3OS/c1-4(11)7(10-8)6-3-12-5(2)9-6/h3H,1-2H3. The van der Waals surface area contributed by atoms with Gasteiger partial charge < -0.3 is 5.53 Å². The van der Waals surface area contributed by atoms with E-state index in [9.17, 15) is 4.79 Å². The molecule has 0 N–H and O–H groups in total. The summed E-state index contributed by atoms with van der Waals surface area (Å²) in [6.07, 6.45) is 0. The van der Waals surface area contributed by atoms with Gasteiger partial charge in [-0.05, 0) is 6.92 Å². The third kappa shape index (κ3) is 1.64. The fourth-order valence-corrected chi connectivity index (χ4v) is 1.37. The smallest absolute Gasteiger partial charge is 0.361 e. The van der Waals surface area contributed by atoms with Crippen molar-refractivity contribution in [1.29, 1.82) is 0 Å². The zero-order valence-electron chi connectivity index (χ0n) is 6.74. The second-order valence-corrected chi connectivity index (χ2v) is 3.32. The van der Waals surface area contributed by atoms with E-state index in [1.165, 1.54) is 18.3 Å². The van der Waals surface area contributed by atoms with Gasteiger partial charge in [0.1, 0.15) is 0 Å². The van der Waals surface area contributed by atoms with Crippen LogP contribution in [0.4, 0.5) is 0 Å². The van der Waals surface area contributed by atoms with Crippen LogP contribution in [0.2, 0.25) is 0 Å². The summed E-state index contributed by atoms with van der Waals surface area (Å²) in [5.41, 5.74) is 8.94. The summed E-state index contributed by atoms with van der Waals surface area (Å²) < 4.78 is 0. The number of carbonyl (C=O) groups excluding carboxylic acids is 1. The van der Waals surface area contributed by atoms with Crippen LogP contribution in [0.15, 0.2) is 5.38 Å². The van der Waals surface area contributed by atoms with Crippen LogP contribution in [0.5, 0.6) is 0 Å². The summed E-state index contributed by atoms with van der Waals surface area (Å²) in [6.45, 7) is 3.16. The second kappa shape index (κ2) is 3.38. The lowest BCUT2D eigenvalue weighted by molar-refractivity contribution is -0.115. The molecule has 1 rings (SSSR count). The van der Waals surface area contributed by atoms with E-state index >= 15 is 0 Å². The summed E-state index contributed by atoms with van der Waals surface area (Å²) in [4.78, 5) is 17.8. The Kier molecular flexibility index (Phi) is 2.47. The van der Waals surface area contributed by atoms with Crippen molar-refractivity contribution in [3.8, 4) is 0 Å². The van der Waals surface area contributed by atoms with Gasteiger partial charge in [-0.3, -0.25) is 4.79 Å². The number of hydrogen-bond acceptors (Lipinski definition) is 3. The first-order valence-electron chi connectivity index (χ1n) is 3.30. The topological polar surface area (TPSA) is 66.4 Å². The van der Waals surface area contributed by atoms with Crippen LogP contribution in [0.25, 0.3) is 5.53 Å². The highest BCUT2D eigenvalue weighted by molar-refractivity contribution is 7.09. The van der Waals surface area contributed by atoms with Crippen molar-refractivity contribution in [2.75, 3.05) is 0 Å². The van der Waals surface area contributed by atoms with Gasteiger partial charge in [0.05, 0.1) is 5.01 Å². The Bertz CT molecular complexity index is 362. The average molecular weight is 181 g/mol. The van der Waals surface area contributed by atoms with Crippen LogP contribution in [0, 0.1) is 6.92 Å². The van der Waals surface area contributed by atoms with E-state index in [0.29, 0.717) is 5.69 Å². The highest BCUT2D eigenvalue weighted by Crippen LogP contribution is 2.08. The molecule has 0 saturated carbocycles. The molecule has 4 nitrogen and oxygen atoms in total. The van der Waals surface area contributed by atoms with E-state index in [1.807, 2.05) is 6.92 Å². The number of rotatable bonds is 2. The number of carbonyl (C=O) groups is 1. The zero-order chi connectivity index (χ0) is 9.14. The lowest BCUT2D eigenvalue weighted by Crippen LogP contribution is -2.13. The fraction of sp³-hybridized carbons (Fsp3) is 0.286. The number of nitrogens with zero attached hydrogens (tertiary/aromatic N) is 3. The van der Waals surface area contributed by atoms with Gasteiger partial charge in [-0.1, -0.05) is 0 Å². The predicted octanol–water partition coefficient (Wildman–Crippen LogP) is 1.06. The highest BCUT2D eigenvalue weighted by Gasteiger charge is 2.20. The van der Waals surface area contributed by atoms with Crippen molar-refractivity contribution in [3.63, 3.8) is 0 Å². The van der Waals surface area contributed by atoms with Crippen LogP contribution in [0.1, 0.15) is 17.6 Å². The summed E-state index contributed by atoms with van der Waals surface area (Å²) in [5.74, 6) is -0.289. The molecular weight excluding hydrogens is 174 g/mol. The van der Waals surface area contributed by atoms with E-state index in [1.54, 1.807) is 5.38 Å². The molecule has 1 aromatic rings. The molecule has 0 amide bonds. The van der Waals surface area contributed by atoms with Crippen molar-refractivity contribution < 1.29 is 9.58 Å². The Morgan fingerprint density at radius 1 is 1.75 bits per heavy atom. The molecule has 0 atom stereocenters. The van der Waals surface area contributed by atoms with E-state index in [4.69, 9.17) is 5.53 Å². The Hall–Kier alpha value is -1.32. The molecule has 1 heterocycles. The first kappa shape index (κ1) is 8.77. The highest BCUT2D eigenvalue weighted by atomic mass is 32.1. The Balaban J connectivity index is 3.13. The molecule has 0 aliphatic carbocycles. The van der Waals surface area contributed by atoms with E-state index < -0.39 is 0 Å². The molecule has 0 saturated heterocycles. The normalized spacial score (nSPS) is 9.17. The van der Waals surface area contributed by atoms with Crippen molar-refractivity contribution in [2.45, 2.75) is 13.8 Å². The molecule has 0 fully saturated rings. The number of aryl methyl sites for hydroxylation is 1. The van der Waals surface area contributed by atoms with Crippen molar-refractivity contribution >= 4 is 22.8 Å². The van der Waals surface area contributed by atoms with Gasteiger partial charge in [0, 0.05) is 12.3 Å². The maximum atomic E-state index is 10.9. The minimum atomic E-state index is -0.289. The number of Topliss-reactive ketones (excluding diaryl/α,β-unsaturated/α-hetero) is 1. The monoisotopic (exact) mass is 181 g/mol. The Morgan fingerprint density at radius 2 is 2.42 bits per heavy atom. The molecule has 0 unspecified atom stereocenters. The quantitative estimate of drug-likeness (QED) is 0.389. The average Bonchev–Trinajstić information content (AvgIpc) is 2.37. The number of aromatic nitrogens is 1. The molecule has 0 spiro atoms. The van der Waals surface area contributed by atoms with Crippen molar-refractivity contribution in [2.24, 2.45) is 0 Å². The molecule has 62 valence electrons. The number of hydrogen-bond donors (Lipinski definition) is 0. The third-order valence-electron chi connectivity index (χ3n) is 1.30. The first-order chi connectivity index (χ1) is 5.65. The summed E-state index contributed by atoms with van der Waals surface area (Å²) in [5, 5.41) is 2.53. The molecule has 0 aliphatic rings. The maximum absolute atomic E-state index is 10.9. The second-order valence-electron chi connectivity index (χ2n) is 2.26. The molecular formula is C7H7N3OS. The fourth-order valence-electron chi connectivity index (χ4n) is 0.774. The lowest BCUT2D eigenvalue weighted by Gasteiger charge is -1.82. The van der Waals surface area contributed by atoms with Gasteiger partial charge in [-0.2, -0.15) is 4.79 Å². The van der Waals surface area contributed by atoms with Gasteiger partial charge in [0.2, 0.25) is 5.78 Å². The molecule has 5 heteroatoms.